The maximum atomic E-state index is 11.9. The molecule has 0 spiro atoms. The molecule has 0 unspecified atom stereocenters. The highest BCUT2D eigenvalue weighted by atomic mass is 79.9. The number of carbonyl (C=O) groups excluding carboxylic acids is 1. The van der Waals surface area contributed by atoms with Crippen LogP contribution in [0.25, 0.3) is 11.3 Å². The van der Waals surface area contributed by atoms with Crippen LogP contribution in [0.5, 0.6) is 5.75 Å². The molecule has 2 aromatic carbocycles. The summed E-state index contributed by atoms with van der Waals surface area (Å²) >= 11 is 3.40. The maximum absolute atomic E-state index is 11.9. The highest BCUT2D eigenvalue weighted by Crippen LogP contribution is 2.23. The summed E-state index contributed by atoms with van der Waals surface area (Å²) in [5.74, 6) is 1.63. The van der Waals surface area contributed by atoms with Gasteiger partial charge in [0.2, 0.25) is 0 Å². The van der Waals surface area contributed by atoms with Crippen LogP contribution in [0, 0.1) is 13.8 Å². The largest absolute Gasteiger partial charge is 0.483 e. The number of hydrazone groups is 1. The Morgan fingerprint density at radius 3 is 2.70 bits per heavy atom. The SMILES string of the molecule is Cc1ccc(C)c(OCC(=O)NN=Cc2ccc(-c3ccc(Br)cc3)o2)c1. The van der Waals surface area contributed by atoms with Crippen molar-refractivity contribution in [1.82, 2.24) is 5.43 Å². The van der Waals surface area contributed by atoms with Gasteiger partial charge in [-0.1, -0.05) is 40.2 Å². The molecule has 5 nitrogen and oxygen atoms in total. The fraction of sp³-hybridized carbons (Fsp3) is 0.143. The third kappa shape index (κ3) is 5.31. The summed E-state index contributed by atoms with van der Waals surface area (Å²) in [4.78, 5) is 11.9. The first-order valence-corrected chi connectivity index (χ1v) is 9.18. The van der Waals surface area contributed by atoms with E-state index < -0.39 is 0 Å². The number of furan rings is 1. The lowest BCUT2D eigenvalue weighted by Gasteiger charge is -2.08. The van der Waals surface area contributed by atoms with Gasteiger partial charge in [-0.05, 0) is 55.3 Å². The summed E-state index contributed by atoms with van der Waals surface area (Å²) in [7, 11) is 0. The molecule has 0 atom stereocenters. The van der Waals surface area contributed by atoms with Crippen molar-refractivity contribution in [2.75, 3.05) is 6.61 Å². The van der Waals surface area contributed by atoms with Gasteiger partial charge >= 0.3 is 0 Å². The fourth-order valence-electron chi connectivity index (χ4n) is 2.40. The lowest BCUT2D eigenvalue weighted by atomic mass is 10.1. The van der Waals surface area contributed by atoms with Gasteiger partial charge < -0.3 is 9.15 Å². The lowest BCUT2D eigenvalue weighted by Crippen LogP contribution is -2.24. The molecule has 1 amide bonds. The van der Waals surface area contributed by atoms with Crippen molar-refractivity contribution in [2.24, 2.45) is 5.10 Å². The number of hydrogen-bond donors (Lipinski definition) is 1. The summed E-state index contributed by atoms with van der Waals surface area (Å²) in [6.07, 6.45) is 1.46. The lowest BCUT2D eigenvalue weighted by molar-refractivity contribution is -0.123. The van der Waals surface area contributed by atoms with Crippen molar-refractivity contribution < 1.29 is 13.9 Å². The number of aryl methyl sites for hydroxylation is 2. The summed E-state index contributed by atoms with van der Waals surface area (Å²) in [6, 6.07) is 17.3. The molecule has 1 N–H and O–H groups in total. The monoisotopic (exact) mass is 426 g/mol. The molecule has 1 heterocycles. The smallest absolute Gasteiger partial charge is 0.277 e. The van der Waals surface area contributed by atoms with Crippen LogP contribution in [0.15, 0.2) is 68.6 Å². The van der Waals surface area contributed by atoms with Crippen molar-refractivity contribution in [3.8, 4) is 17.1 Å². The number of amides is 1. The average Bonchev–Trinajstić information content (AvgIpc) is 3.12. The fourth-order valence-corrected chi connectivity index (χ4v) is 2.66. The van der Waals surface area contributed by atoms with E-state index >= 15 is 0 Å². The van der Waals surface area contributed by atoms with Gasteiger partial charge in [-0.25, -0.2) is 5.43 Å². The molecule has 6 heteroatoms. The van der Waals surface area contributed by atoms with Crippen LogP contribution in [-0.2, 0) is 4.79 Å². The zero-order chi connectivity index (χ0) is 19.2. The van der Waals surface area contributed by atoms with Gasteiger partial charge in [0.05, 0.1) is 6.21 Å². The second-order valence-corrected chi connectivity index (χ2v) is 6.98. The quantitative estimate of drug-likeness (QED) is 0.452. The standard InChI is InChI=1S/C21H19BrN2O3/c1-14-3-4-15(2)20(11-14)26-13-21(25)24-23-12-18-9-10-19(27-18)16-5-7-17(22)8-6-16/h3-12H,13H2,1-2H3,(H,24,25). The molecular weight excluding hydrogens is 408 g/mol. The topological polar surface area (TPSA) is 63.8 Å². The number of nitrogens with one attached hydrogen (secondary N) is 1. The van der Waals surface area contributed by atoms with Crippen LogP contribution < -0.4 is 10.2 Å². The van der Waals surface area contributed by atoms with Crippen molar-refractivity contribution in [2.45, 2.75) is 13.8 Å². The van der Waals surface area contributed by atoms with E-state index in [9.17, 15) is 4.79 Å². The molecule has 0 saturated carbocycles. The normalized spacial score (nSPS) is 10.9. The second-order valence-electron chi connectivity index (χ2n) is 6.06. The van der Waals surface area contributed by atoms with Gasteiger partial charge in [-0.3, -0.25) is 4.79 Å². The molecule has 0 aliphatic carbocycles. The Hall–Kier alpha value is -2.86. The van der Waals surface area contributed by atoms with E-state index in [0.717, 1.165) is 26.9 Å². The Morgan fingerprint density at radius 2 is 1.93 bits per heavy atom. The third-order valence-electron chi connectivity index (χ3n) is 3.84. The van der Waals surface area contributed by atoms with Gasteiger partial charge in [-0.2, -0.15) is 5.10 Å². The highest BCUT2D eigenvalue weighted by molar-refractivity contribution is 9.10. The van der Waals surface area contributed by atoms with E-state index in [2.05, 4.69) is 26.5 Å². The third-order valence-corrected chi connectivity index (χ3v) is 4.37. The maximum Gasteiger partial charge on any atom is 0.277 e. The highest BCUT2D eigenvalue weighted by Gasteiger charge is 2.06. The van der Waals surface area contributed by atoms with Crippen LogP contribution >= 0.6 is 15.9 Å². The number of carbonyl (C=O) groups is 1. The van der Waals surface area contributed by atoms with Crippen LogP contribution in [0.3, 0.4) is 0 Å². The zero-order valence-electron chi connectivity index (χ0n) is 15.0. The minimum Gasteiger partial charge on any atom is -0.483 e. The van der Waals surface area contributed by atoms with Gasteiger partial charge in [0, 0.05) is 10.0 Å². The molecule has 0 bridgehead atoms. The molecule has 0 fully saturated rings. The van der Waals surface area contributed by atoms with Crippen molar-refractivity contribution in [3.05, 3.63) is 76.0 Å². The Morgan fingerprint density at radius 1 is 1.15 bits per heavy atom. The van der Waals surface area contributed by atoms with E-state index in [-0.39, 0.29) is 12.5 Å². The molecule has 3 aromatic rings. The molecule has 0 aliphatic heterocycles. The van der Waals surface area contributed by atoms with Crippen LogP contribution in [0.1, 0.15) is 16.9 Å². The zero-order valence-corrected chi connectivity index (χ0v) is 16.6. The second kappa shape index (κ2) is 8.68. The van der Waals surface area contributed by atoms with E-state index in [1.54, 1.807) is 6.07 Å². The van der Waals surface area contributed by atoms with E-state index in [0.29, 0.717) is 11.5 Å². The molecule has 138 valence electrons. The van der Waals surface area contributed by atoms with Crippen molar-refractivity contribution in [1.29, 1.82) is 0 Å². The number of halogens is 1. The van der Waals surface area contributed by atoms with Crippen molar-refractivity contribution >= 4 is 28.1 Å². The Balaban J connectivity index is 1.52. The molecule has 0 radical (unpaired) electrons. The van der Waals surface area contributed by atoms with Gasteiger partial charge in [0.1, 0.15) is 17.3 Å². The number of rotatable bonds is 6. The van der Waals surface area contributed by atoms with E-state index in [1.165, 1.54) is 6.21 Å². The van der Waals surface area contributed by atoms with Crippen LogP contribution in [-0.4, -0.2) is 18.7 Å². The van der Waals surface area contributed by atoms with Gasteiger partial charge in [0.25, 0.3) is 5.91 Å². The summed E-state index contributed by atoms with van der Waals surface area (Å²) in [6.45, 7) is 3.80. The number of hydrogen-bond acceptors (Lipinski definition) is 4. The number of benzene rings is 2. The minimum atomic E-state index is -0.341. The first kappa shape index (κ1) is 18.9. The summed E-state index contributed by atoms with van der Waals surface area (Å²) < 4.78 is 12.2. The Labute approximate surface area is 166 Å². The minimum absolute atomic E-state index is 0.107. The van der Waals surface area contributed by atoms with E-state index in [4.69, 9.17) is 9.15 Å². The number of nitrogens with zero attached hydrogens (tertiary/aromatic N) is 1. The van der Waals surface area contributed by atoms with Crippen LogP contribution in [0.2, 0.25) is 0 Å². The predicted molar refractivity (Wildman–Crippen MR) is 109 cm³/mol. The van der Waals surface area contributed by atoms with Gasteiger partial charge in [-0.15, -0.1) is 0 Å². The molecule has 27 heavy (non-hydrogen) atoms. The summed E-state index contributed by atoms with van der Waals surface area (Å²) in [5, 5.41) is 3.91. The Bertz CT molecular complexity index is 962. The van der Waals surface area contributed by atoms with Gasteiger partial charge in [0.15, 0.2) is 6.61 Å². The first-order valence-electron chi connectivity index (χ1n) is 8.39. The molecule has 0 aliphatic rings. The molecule has 1 aromatic heterocycles. The van der Waals surface area contributed by atoms with Crippen LogP contribution in [0.4, 0.5) is 0 Å². The molecular formula is C21H19BrN2O3. The molecule has 3 rings (SSSR count). The summed E-state index contributed by atoms with van der Waals surface area (Å²) in [5.41, 5.74) is 5.45. The molecule has 0 saturated heterocycles. The first-order chi connectivity index (χ1) is 13.0. The Kier molecular flexibility index (Phi) is 6.08. The predicted octanol–water partition coefficient (Wildman–Crippen LogP) is 4.86. The average molecular weight is 427 g/mol. The van der Waals surface area contributed by atoms with E-state index in [1.807, 2.05) is 62.4 Å². The number of ether oxygens (including phenoxy) is 1. The van der Waals surface area contributed by atoms with Crippen molar-refractivity contribution in [3.63, 3.8) is 0 Å².